The van der Waals surface area contributed by atoms with Gasteiger partial charge >= 0.3 is 0 Å². The lowest BCUT2D eigenvalue weighted by Gasteiger charge is -2.34. The maximum atomic E-state index is 11.8. The van der Waals surface area contributed by atoms with Gasteiger partial charge in [0, 0.05) is 105 Å². The van der Waals surface area contributed by atoms with E-state index in [0.29, 0.717) is 42.5 Å². The predicted molar refractivity (Wildman–Crippen MR) is 229 cm³/mol. The van der Waals surface area contributed by atoms with Gasteiger partial charge in [-0.05, 0) is 115 Å². The molecule has 58 heavy (non-hydrogen) atoms. The number of aromatic nitrogens is 3. The summed E-state index contributed by atoms with van der Waals surface area (Å²) in [6.45, 7) is 11.9. The minimum Gasteiger partial charge on any atom is -0.618 e. The molecule has 2 unspecified atom stereocenters. The molecule has 3 aromatic heterocycles. The summed E-state index contributed by atoms with van der Waals surface area (Å²) in [6, 6.07) is 18.8. The number of rotatable bonds is 5. The quantitative estimate of drug-likeness (QED) is 0.229. The number of nitrogens with one attached hydrogen (secondary N) is 1. The zero-order valence-electron chi connectivity index (χ0n) is 35.3. The van der Waals surface area contributed by atoms with Crippen LogP contribution >= 0.6 is 0 Å². The fourth-order valence-corrected chi connectivity index (χ4v) is 10.2. The Labute approximate surface area is 347 Å². The Bertz CT molecular complexity index is 1600. The van der Waals surface area contributed by atoms with Gasteiger partial charge in [-0.2, -0.15) is 14.2 Å². The van der Waals surface area contributed by atoms with Gasteiger partial charge in [0.2, 0.25) is 0 Å². The van der Waals surface area contributed by atoms with E-state index in [9.17, 15) is 20.4 Å². The molecule has 3 saturated heterocycles. The van der Waals surface area contributed by atoms with Crippen LogP contribution in [0, 0.1) is 27.5 Å². The maximum absolute atomic E-state index is 11.8. The van der Waals surface area contributed by atoms with Crippen LogP contribution in [0.1, 0.15) is 145 Å². The Balaban J connectivity index is 0.000000138. The first-order valence-corrected chi connectivity index (χ1v) is 22.6. The summed E-state index contributed by atoms with van der Waals surface area (Å²) in [5.74, 6) is 3.31. The molecule has 3 aliphatic carbocycles. The summed E-state index contributed by atoms with van der Waals surface area (Å²) in [5.41, 5.74) is 8.70. The average Bonchev–Trinajstić information content (AvgIpc) is 4.03. The Morgan fingerprint density at radius 1 is 0.569 bits per heavy atom. The number of hydrogen-bond donors (Lipinski definition) is 2. The molecule has 0 bridgehead atoms. The second-order valence-corrected chi connectivity index (χ2v) is 18.2. The van der Waals surface area contributed by atoms with Crippen molar-refractivity contribution in [3.8, 4) is 0 Å². The van der Waals surface area contributed by atoms with Crippen molar-refractivity contribution in [1.82, 2.24) is 15.1 Å². The van der Waals surface area contributed by atoms with Crippen molar-refractivity contribution in [2.24, 2.45) is 17.6 Å². The highest BCUT2D eigenvalue weighted by atomic mass is 16.5. The number of pyridine rings is 3. The number of ketones is 1. The zero-order valence-corrected chi connectivity index (χ0v) is 35.3. The molecule has 3 saturated carbocycles. The molecular weight excluding hydrogens is 727 g/mol. The van der Waals surface area contributed by atoms with Gasteiger partial charge in [-0.3, -0.25) is 9.69 Å². The lowest BCUT2D eigenvalue weighted by molar-refractivity contribution is -0.616. The van der Waals surface area contributed by atoms with Crippen LogP contribution in [0.15, 0.2) is 73.2 Å². The van der Waals surface area contributed by atoms with Crippen LogP contribution in [-0.2, 0) is 4.79 Å². The molecule has 6 fully saturated rings. The van der Waals surface area contributed by atoms with Crippen LogP contribution < -0.4 is 25.2 Å². The van der Waals surface area contributed by atoms with Crippen molar-refractivity contribution in [3.05, 3.63) is 106 Å². The van der Waals surface area contributed by atoms with Crippen molar-refractivity contribution >= 4 is 5.78 Å². The van der Waals surface area contributed by atoms with Crippen LogP contribution in [-0.4, -0.2) is 73.0 Å². The average molecular weight is 798 g/mol. The molecule has 318 valence electrons. The molecule has 6 heterocycles. The molecule has 11 nitrogen and oxygen atoms in total. The SMILES string of the molecule is CC1CCN(C2CCC(c3cccc[n+]3[O-])CC2)C1.C[C@@H]1CCNC1.NC1CCN(C2CCC(c3cccc[n+]3[O-])CC2)C1.O=C1CCC(c2cccc[n+]2[O-])CC1. The van der Waals surface area contributed by atoms with Crippen LogP contribution in [0.3, 0.4) is 0 Å². The third-order valence-electron chi connectivity index (χ3n) is 13.8. The lowest BCUT2D eigenvalue weighted by atomic mass is 9.83. The third-order valence-corrected chi connectivity index (χ3v) is 13.8. The van der Waals surface area contributed by atoms with Gasteiger partial charge in [-0.15, -0.1) is 0 Å². The summed E-state index contributed by atoms with van der Waals surface area (Å²) < 4.78 is 3.01. The molecule has 3 atom stereocenters. The van der Waals surface area contributed by atoms with E-state index < -0.39 is 0 Å². The Morgan fingerprint density at radius 3 is 1.36 bits per heavy atom. The molecule has 0 radical (unpaired) electrons. The van der Waals surface area contributed by atoms with Gasteiger partial charge in [-0.25, -0.2) is 0 Å². The minimum atomic E-state index is 0.270. The van der Waals surface area contributed by atoms with Gasteiger partial charge in [-0.1, -0.05) is 32.0 Å². The molecular formula is C47H71N7O4. The van der Waals surface area contributed by atoms with E-state index in [-0.39, 0.29) is 5.92 Å². The molecule has 3 N–H and O–H groups in total. The van der Waals surface area contributed by atoms with Crippen molar-refractivity contribution in [2.75, 3.05) is 39.3 Å². The summed E-state index contributed by atoms with van der Waals surface area (Å²) in [5, 5.41) is 38.3. The molecule has 0 amide bonds. The minimum absolute atomic E-state index is 0.270. The van der Waals surface area contributed by atoms with Crippen molar-refractivity contribution < 1.29 is 19.0 Å². The van der Waals surface area contributed by atoms with Gasteiger partial charge in [0.15, 0.2) is 35.7 Å². The number of carbonyl (C=O) groups excluding carboxylic acids is 1. The molecule has 6 aliphatic rings. The van der Waals surface area contributed by atoms with Crippen LogP contribution in [0.2, 0.25) is 0 Å². The molecule has 11 heteroatoms. The van der Waals surface area contributed by atoms with Crippen molar-refractivity contribution in [2.45, 2.75) is 146 Å². The highest BCUT2D eigenvalue weighted by Gasteiger charge is 2.34. The highest BCUT2D eigenvalue weighted by molar-refractivity contribution is 5.79. The number of Topliss-reactive ketones (excluding diaryl/α,β-unsaturated/α-hetero) is 1. The second kappa shape index (κ2) is 22.1. The van der Waals surface area contributed by atoms with Crippen molar-refractivity contribution in [1.29, 1.82) is 0 Å². The maximum Gasteiger partial charge on any atom is 0.195 e. The third kappa shape index (κ3) is 12.7. The second-order valence-electron chi connectivity index (χ2n) is 18.2. The zero-order chi connectivity index (χ0) is 40.9. The first kappa shape index (κ1) is 43.9. The summed E-state index contributed by atoms with van der Waals surface area (Å²) in [4.78, 5) is 16.3. The Hall–Kier alpha value is -3.64. The number of carbonyl (C=O) groups is 1. The lowest BCUT2D eigenvalue weighted by Crippen LogP contribution is -2.40. The normalized spacial score (nSPS) is 29.4. The fourth-order valence-electron chi connectivity index (χ4n) is 10.2. The molecule has 3 aliphatic heterocycles. The van der Waals surface area contributed by atoms with E-state index in [2.05, 4.69) is 29.0 Å². The molecule has 3 aromatic rings. The standard InChI is InChI=1S/C16H24N2O.C15H23N3O.C11H13NO2.C5H11N/c1-13-9-11-17(12-13)15-7-5-14(6-8-15)16-4-2-3-10-18(16)19;16-13-8-10-17(11-13)14-6-4-12(5-7-14)15-3-1-2-9-18(15)19;13-10-6-4-9(5-7-10)11-3-1-2-8-12(11)14;1-5-2-3-6-4-5/h2-4,10,13-15H,5-9,11-12H2,1H3;1-3,9,12-14H,4-8,10-11,16H2;1-3,8-9H,4-7H2;5-6H,2-4H2,1H3/t;;;5-/m...1/s1. The smallest absolute Gasteiger partial charge is 0.195 e. The molecule has 0 aromatic carbocycles. The topological polar surface area (TPSA) is 142 Å². The van der Waals surface area contributed by atoms with E-state index in [0.717, 1.165) is 94.3 Å². The van der Waals surface area contributed by atoms with Crippen LogP contribution in [0.5, 0.6) is 0 Å². The van der Waals surface area contributed by atoms with Crippen LogP contribution in [0.25, 0.3) is 0 Å². The van der Waals surface area contributed by atoms with E-state index in [1.54, 1.807) is 24.5 Å². The molecule has 0 spiro atoms. The largest absolute Gasteiger partial charge is 0.618 e. The van der Waals surface area contributed by atoms with Gasteiger partial charge in [0.25, 0.3) is 0 Å². The van der Waals surface area contributed by atoms with Crippen LogP contribution in [0.4, 0.5) is 0 Å². The molecule has 9 rings (SSSR count). The fraction of sp³-hybridized carbons (Fsp3) is 0.660. The van der Waals surface area contributed by atoms with Gasteiger partial charge < -0.3 is 31.6 Å². The van der Waals surface area contributed by atoms with E-state index in [4.69, 9.17) is 5.73 Å². The first-order chi connectivity index (χ1) is 28.1. The first-order valence-electron chi connectivity index (χ1n) is 22.6. The van der Waals surface area contributed by atoms with Gasteiger partial charge in [0.05, 0.1) is 0 Å². The van der Waals surface area contributed by atoms with Crippen molar-refractivity contribution in [3.63, 3.8) is 0 Å². The summed E-state index contributed by atoms with van der Waals surface area (Å²) in [7, 11) is 0. The Kier molecular flexibility index (Phi) is 16.7. The van der Waals surface area contributed by atoms with E-state index in [1.807, 2.05) is 42.5 Å². The predicted octanol–water partition coefficient (Wildman–Crippen LogP) is 6.23. The number of nitrogens with two attached hydrogens (primary N) is 1. The summed E-state index contributed by atoms with van der Waals surface area (Å²) in [6.07, 6.45) is 21.0. The summed E-state index contributed by atoms with van der Waals surface area (Å²) >= 11 is 0. The highest BCUT2D eigenvalue weighted by Crippen LogP contribution is 2.36. The van der Waals surface area contributed by atoms with Gasteiger partial charge in [0.1, 0.15) is 5.78 Å². The number of likely N-dealkylation sites (tertiary alicyclic amines) is 2. The number of nitrogens with zero attached hydrogens (tertiary/aromatic N) is 5. The monoisotopic (exact) mass is 798 g/mol. The van der Waals surface area contributed by atoms with E-state index >= 15 is 0 Å². The number of hydrogen-bond acceptors (Lipinski definition) is 8. The Morgan fingerprint density at radius 2 is 1.02 bits per heavy atom. The van der Waals surface area contributed by atoms with E-state index in [1.165, 1.54) is 83.7 Å².